The van der Waals surface area contributed by atoms with Gasteiger partial charge in [-0.3, -0.25) is 0 Å². The van der Waals surface area contributed by atoms with Crippen LogP contribution >= 0.6 is 15.9 Å². The Bertz CT molecular complexity index is 689. The lowest BCUT2D eigenvalue weighted by atomic mass is 9.95. The van der Waals surface area contributed by atoms with Crippen molar-refractivity contribution in [2.24, 2.45) is 0 Å². The van der Waals surface area contributed by atoms with Crippen molar-refractivity contribution in [1.82, 2.24) is 9.71 Å². The van der Waals surface area contributed by atoms with Gasteiger partial charge in [-0.15, -0.1) is 0 Å². The van der Waals surface area contributed by atoms with Gasteiger partial charge in [0.1, 0.15) is 0 Å². The number of H-pyrrole nitrogens is 1. The standard InChI is InChI=1S/C12H15BrN2O2S/c1-12(2,15-18(3,16)17)10-7-14-11-6-8(13)4-5-9(10)11/h4-7,14-15H,1-3H3. The molecule has 1 heterocycles. The van der Waals surface area contributed by atoms with Crippen LogP contribution in [0.3, 0.4) is 0 Å². The first kappa shape index (κ1) is 13.6. The molecule has 98 valence electrons. The highest BCUT2D eigenvalue weighted by atomic mass is 79.9. The molecule has 0 amide bonds. The number of halogens is 1. The van der Waals surface area contributed by atoms with Crippen LogP contribution in [-0.4, -0.2) is 19.7 Å². The van der Waals surface area contributed by atoms with Crippen LogP contribution in [0.2, 0.25) is 0 Å². The molecule has 0 unspecified atom stereocenters. The monoisotopic (exact) mass is 330 g/mol. The maximum absolute atomic E-state index is 11.4. The molecule has 1 aromatic carbocycles. The van der Waals surface area contributed by atoms with Crippen LogP contribution in [0, 0.1) is 0 Å². The van der Waals surface area contributed by atoms with E-state index in [4.69, 9.17) is 0 Å². The summed E-state index contributed by atoms with van der Waals surface area (Å²) in [5.74, 6) is 0. The molecular weight excluding hydrogens is 316 g/mol. The van der Waals surface area contributed by atoms with Gasteiger partial charge in [-0.2, -0.15) is 0 Å². The Balaban J connectivity index is 2.54. The van der Waals surface area contributed by atoms with Crippen molar-refractivity contribution in [2.75, 3.05) is 6.26 Å². The second-order valence-electron chi connectivity index (χ2n) is 4.89. The molecule has 1 aromatic heterocycles. The summed E-state index contributed by atoms with van der Waals surface area (Å²) in [6.45, 7) is 3.69. The summed E-state index contributed by atoms with van der Waals surface area (Å²) in [5, 5.41) is 1.01. The number of sulfonamides is 1. The van der Waals surface area contributed by atoms with E-state index in [9.17, 15) is 8.42 Å². The fourth-order valence-corrected chi connectivity index (χ4v) is 3.53. The molecule has 6 heteroatoms. The Kier molecular flexibility index (Phi) is 3.29. The van der Waals surface area contributed by atoms with E-state index in [1.165, 1.54) is 6.26 Å². The average Bonchev–Trinajstić information content (AvgIpc) is 2.56. The molecule has 2 aromatic rings. The maximum atomic E-state index is 11.4. The average molecular weight is 331 g/mol. The van der Waals surface area contributed by atoms with E-state index in [0.29, 0.717) is 0 Å². The first-order chi connectivity index (χ1) is 8.19. The lowest BCUT2D eigenvalue weighted by Gasteiger charge is -2.24. The number of aromatic nitrogens is 1. The summed E-state index contributed by atoms with van der Waals surface area (Å²) >= 11 is 3.41. The zero-order valence-electron chi connectivity index (χ0n) is 10.4. The minimum Gasteiger partial charge on any atom is -0.361 e. The lowest BCUT2D eigenvalue weighted by molar-refractivity contribution is 0.478. The largest absolute Gasteiger partial charge is 0.361 e. The van der Waals surface area contributed by atoms with Gasteiger partial charge in [-0.1, -0.05) is 22.0 Å². The number of fused-ring (bicyclic) bond motifs is 1. The first-order valence-electron chi connectivity index (χ1n) is 5.45. The van der Waals surface area contributed by atoms with Gasteiger partial charge in [-0.05, 0) is 31.5 Å². The van der Waals surface area contributed by atoms with Crippen molar-refractivity contribution < 1.29 is 8.42 Å². The molecule has 0 saturated heterocycles. The highest BCUT2D eigenvalue weighted by Gasteiger charge is 2.27. The summed E-state index contributed by atoms with van der Waals surface area (Å²) in [6.07, 6.45) is 3.01. The van der Waals surface area contributed by atoms with Crippen molar-refractivity contribution >= 4 is 36.9 Å². The predicted molar refractivity (Wildman–Crippen MR) is 77.0 cm³/mol. The van der Waals surface area contributed by atoms with E-state index >= 15 is 0 Å². The fraction of sp³-hybridized carbons (Fsp3) is 0.333. The van der Waals surface area contributed by atoms with Crippen molar-refractivity contribution in [3.05, 3.63) is 34.4 Å². The molecule has 4 nitrogen and oxygen atoms in total. The Morgan fingerprint density at radius 2 is 2.00 bits per heavy atom. The quantitative estimate of drug-likeness (QED) is 0.908. The minimum absolute atomic E-state index is 0.653. The summed E-state index contributed by atoms with van der Waals surface area (Å²) < 4.78 is 26.4. The molecule has 0 fully saturated rings. The third kappa shape index (κ3) is 2.76. The molecule has 0 spiro atoms. The topological polar surface area (TPSA) is 62.0 Å². The van der Waals surface area contributed by atoms with Gasteiger partial charge in [0.15, 0.2) is 0 Å². The Labute approximate surface area is 115 Å². The first-order valence-corrected chi connectivity index (χ1v) is 8.13. The molecular formula is C12H15BrN2O2S. The van der Waals surface area contributed by atoms with E-state index in [0.717, 1.165) is 20.9 Å². The van der Waals surface area contributed by atoms with Crippen molar-refractivity contribution in [2.45, 2.75) is 19.4 Å². The highest BCUT2D eigenvalue weighted by Crippen LogP contribution is 2.30. The van der Waals surface area contributed by atoms with Gasteiger partial charge in [0.05, 0.1) is 11.8 Å². The predicted octanol–water partition coefficient (Wildman–Crippen LogP) is 2.71. The lowest BCUT2D eigenvalue weighted by Crippen LogP contribution is -2.40. The smallest absolute Gasteiger partial charge is 0.209 e. The molecule has 0 atom stereocenters. The van der Waals surface area contributed by atoms with E-state index in [1.54, 1.807) is 0 Å². The third-order valence-electron chi connectivity index (χ3n) is 2.76. The molecule has 0 aliphatic carbocycles. The second kappa shape index (κ2) is 4.36. The molecule has 0 saturated carbocycles. The maximum Gasteiger partial charge on any atom is 0.209 e. The highest BCUT2D eigenvalue weighted by molar-refractivity contribution is 9.10. The normalized spacial score (nSPS) is 13.1. The number of benzene rings is 1. The summed E-state index contributed by atoms with van der Waals surface area (Å²) in [7, 11) is -3.26. The minimum atomic E-state index is -3.26. The van der Waals surface area contributed by atoms with E-state index < -0.39 is 15.6 Å². The van der Waals surface area contributed by atoms with Gasteiger partial charge in [0, 0.05) is 21.6 Å². The van der Waals surface area contributed by atoms with Crippen LogP contribution in [-0.2, 0) is 15.6 Å². The van der Waals surface area contributed by atoms with Gasteiger partial charge < -0.3 is 4.98 Å². The summed E-state index contributed by atoms with van der Waals surface area (Å²) in [6, 6.07) is 5.88. The fourth-order valence-electron chi connectivity index (χ4n) is 2.13. The Morgan fingerprint density at radius 1 is 1.33 bits per heavy atom. The van der Waals surface area contributed by atoms with Gasteiger partial charge in [0.2, 0.25) is 10.0 Å². The van der Waals surface area contributed by atoms with Gasteiger partial charge in [0.25, 0.3) is 0 Å². The molecule has 2 rings (SSSR count). The molecule has 0 aliphatic heterocycles. The van der Waals surface area contributed by atoms with Gasteiger partial charge in [-0.25, -0.2) is 13.1 Å². The van der Waals surface area contributed by atoms with Crippen LogP contribution in [0.4, 0.5) is 0 Å². The number of rotatable bonds is 3. The van der Waals surface area contributed by atoms with Crippen LogP contribution < -0.4 is 4.72 Å². The zero-order chi connectivity index (χ0) is 13.6. The molecule has 0 aliphatic rings. The third-order valence-corrected chi connectivity index (χ3v) is 4.13. The second-order valence-corrected chi connectivity index (χ2v) is 7.56. The van der Waals surface area contributed by atoms with Crippen LogP contribution in [0.5, 0.6) is 0 Å². The summed E-state index contributed by atoms with van der Waals surface area (Å²) in [4.78, 5) is 3.16. The molecule has 0 bridgehead atoms. The van der Waals surface area contributed by atoms with Crippen LogP contribution in [0.25, 0.3) is 10.9 Å². The number of nitrogens with one attached hydrogen (secondary N) is 2. The van der Waals surface area contributed by atoms with Crippen molar-refractivity contribution in [3.63, 3.8) is 0 Å². The number of hydrogen-bond acceptors (Lipinski definition) is 2. The number of aromatic amines is 1. The molecule has 18 heavy (non-hydrogen) atoms. The van der Waals surface area contributed by atoms with Crippen molar-refractivity contribution in [1.29, 1.82) is 0 Å². The molecule has 2 N–H and O–H groups in total. The van der Waals surface area contributed by atoms with E-state index in [1.807, 2.05) is 38.2 Å². The SMILES string of the molecule is CC(C)(NS(C)(=O)=O)c1c[nH]c2cc(Br)ccc12. The summed E-state index contributed by atoms with van der Waals surface area (Å²) in [5.41, 5.74) is 1.25. The zero-order valence-corrected chi connectivity index (χ0v) is 12.8. The van der Waals surface area contributed by atoms with Crippen LogP contribution in [0.1, 0.15) is 19.4 Å². The van der Waals surface area contributed by atoms with Crippen LogP contribution in [0.15, 0.2) is 28.9 Å². The van der Waals surface area contributed by atoms with Gasteiger partial charge >= 0.3 is 0 Å². The number of hydrogen-bond donors (Lipinski definition) is 2. The Hall–Kier alpha value is -0.850. The van der Waals surface area contributed by atoms with E-state index in [-0.39, 0.29) is 0 Å². The molecule has 0 radical (unpaired) electrons. The Morgan fingerprint density at radius 3 is 2.61 bits per heavy atom. The van der Waals surface area contributed by atoms with Crippen molar-refractivity contribution in [3.8, 4) is 0 Å². The van der Waals surface area contributed by atoms with E-state index in [2.05, 4.69) is 25.6 Å².